The van der Waals surface area contributed by atoms with Crippen molar-refractivity contribution in [3.05, 3.63) is 27.3 Å². The first kappa shape index (κ1) is 18.2. The summed E-state index contributed by atoms with van der Waals surface area (Å²) in [5.41, 5.74) is 1.45. The Labute approximate surface area is 149 Å². The summed E-state index contributed by atoms with van der Waals surface area (Å²) in [5, 5.41) is 2.61. The van der Waals surface area contributed by atoms with E-state index in [1.807, 2.05) is 19.1 Å². The molecule has 1 fully saturated rings. The summed E-state index contributed by atoms with van der Waals surface area (Å²) in [7, 11) is -3.11. The van der Waals surface area contributed by atoms with Gasteiger partial charge in [-0.05, 0) is 66.6 Å². The van der Waals surface area contributed by atoms with Crippen molar-refractivity contribution in [2.75, 3.05) is 23.4 Å². The molecule has 1 aliphatic rings. The molecule has 23 heavy (non-hydrogen) atoms. The Kier molecular flexibility index (Phi) is 5.66. The van der Waals surface area contributed by atoms with Gasteiger partial charge in [0.05, 0.1) is 11.5 Å². The van der Waals surface area contributed by atoms with Crippen LogP contribution in [0.2, 0.25) is 0 Å². The van der Waals surface area contributed by atoms with Crippen LogP contribution < -0.4 is 5.32 Å². The Morgan fingerprint density at radius 1 is 1.39 bits per heavy atom. The van der Waals surface area contributed by atoms with Crippen LogP contribution in [0.15, 0.2) is 18.2 Å². The van der Waals surface area contributed by atoms with E-state index in [0.29, 0.717) is 18.7 Å². The van der Waals surface area contributed by atoms with Crippen LogP contribution in [0.3, 0.4) is 0 Å². The topological polar surface area (TPSA) is 83.6 Å². The third-order valence-corrected chi connectivity index (χ3v) is 6.30. The second-order valence-electron chi connectivity index (χ2n) is 5.56. The van der Waals surface area contributed by atoms with Gasteiger partial charge in [0.2, 0.25) is 0 Å². The molecule has 1 atom stereocenters. The van der Waals surface area contributed by atoms with Crippen LogP contribution >= 0.6 is 22.6 Å². The minimum absolute atomic E-state index is 0.0670. The molecule has 0 spiro atoms. The number of hydrogen-bond donors (Lipinski definition) is 1. The van der Waals surface area contributed by atoms with Crippen LogP contribution in [0.5, 0.6) is 0 Å². The van der Waals surface area contributed by atoms with Crippen LogP contribution in [-0.4, -0.2) is 49.2 Å². The standard InChI is InChI=1S/C15H19IN2O4S/c1-3-18(12-6-7-23(21,22)9-12)15(20)14(19)17-13-5-4-11(16)8-10(13)2/h4-5,8,12H,3,6-7,9H2,1-2H3,(H,17,19). The molecule has 0 radical (unpaired) electrons. The molecule has 1 aliphatic heterocycles. The van der Waals surface area contributed by atoms with Crippen LogP contribution in [0.1, 0.15) is 18.9 Å². The highest BCUT2D eigenvalue weighted by atomic mass is 127. The van der Waals surface area contributed by atoms with Gasteiger partial charge >= 0.3 is 11.8 Å². The van der Waals surface area contributed by atoms with Gasteiger partial charge in [-0.2, -0.15) is 0 Å². The number of nitrogens with zero attached hydrogens (tertiary/aromatic N) is 1. The molecule has 1 aromatic rings. The quantitative estimate of drug-likeness (QED) is 0.560. The molecule has 8 heteroatoms. The predicted molar refractivity (Wildman–Crippen MR) is 97.0 cm³/mol. The van der Waals surface area contributed by atoms with E-state index in [1.54, 1.807) is 13.0 Å². The highest BCUT2D eigenvalue weighted by Crippen LogP contribution is 2.20. The largest absolute Gasteiger partial charge is 0.331 e. The zero-order valence-electron chi connectivity index (χ0n) is 13.0. The minimum Gasteiger partial charge on any atom is -0.331 e. The Bertz CT molecular complexity index is 733. The molecule has 2 rings (SSSR count). The lowest BCUT2D eigenvalue weighted by molar-refractivity contribution is -0.144. The lowest BCUT2D eigenvalue weighted by atomic mass is 10.2. The van der Waals surface area contributed by atoms with Crippen LogP contribution in [0.4, 0.5) is 5.69 Å². The molecule has 1 unspecified atom stereocenters. The maximum absolute atomic E-state index is 12.4. The SMILES string of the molecule is CCN(C(=O)C(=O)Nc1ccc(I)cc1C)C1CCS(=O)(=O)C1. The molecule has 0 bridgehead atoms. The summed E-state index contributed by atoms with van der Waals surface area (Å²) in [5.74, 6) is -1.42. The molecule has 0 aliphatic carbocycles. The maximum atomic E-state index is 12.4. The number of anilines is 1. The Morgan fingerprint density at radius 3 is 2.61 bits per heavy atom. The van der Waals surface area contributed by atoms with E-state index >= 15 is 0 Å². The zero-order valence-corrected chi connectivity index (χ0v) is 16.0. The average Bonchev–Trinajstić information content (AvgIpc) is 2.82. The average molecular weight is 450 g/mol. The molecule has 6 nitrogen and oxygen atoms in total. The van der Waals surface area contributed by atoms with Crippen LogP contribution in [0.25, 0.3) is 0 Å². The number of halogens is 1. The van der Waals surface area contributed by atoms with Gasteiger partial charge in [-0.15, -0.1) is 0 Å². The summed E-state index contributed by atoms with van der Waals surface area (Å²) >= 11 is 2.17. The number of nitrogens with one attached hydrogen (secondary N) is 1. The molecule has 126 valence electrons. The fraction of sp³-hybridized carbons (Fsp3) is 0.467. The number of rotatable bonds is 3. The molecule has 0 aromatic heterocycles. The second-order valence-corrected chi connectivity index (χ2v) is 9.04. The summed E-state index contributed by atoms with van der Waals surface area (Å²) in [6, 6.07) is 5.08. The van der Waals surface area contributed by atoms with Crippen LogP contribution in [0, 0.1) is 10.5 Å². The molecule has 1 saturated heterocycles. The molecule has 2 amide bonds. The first-order valence-electron chi connectivity index (χ1n) is 7.32. The number of aryl methyl sites for hydroxylation is 1. The number of carbonyl (C=O) groups excluding carboxylic acids is 2. The van der Waals surface area contributed by atoms with Gasteiger partial charge in [0.1, 0.15) is 0 Å². The third-order valence-electron chi connectivity index (χ3n) is 3.88. The molecule has 1 N–H and O–H groups in total. The van der Waals surface area contributed by atoms with Gasteiger partial charge in [-0.1, -0.05) is 0 Å². The Hall–Kier alpha value is -1.16. The summed E-state index contributed by atoms with van der Waals surface area (Å²) in [4.78, 5) is 25.9. The zero-order chi connectivity index (χ0) is 17.2. The van der Waals surface area contributed by atoms with Crippen molar-refractivity contribution in [2.24, 2.45) is 0 Å². The van der Waals surface area contributed by atoms with Gasteiger partial charge < -0.3 is 10.2 Å². The third kappa shape index (κ3) is 4.43. The summed E-state index contributed by atoms with van der Waals surface area (Å²) in [6.07, 6.45) is 0.387. The smallest absolute Gasteiger partial charge is 0.313 e. The van der Waals surface area contributed by atoms with Crippen LogP contribution in [-0.2, 0) is 19.4 Å². The fourth-order valence-electron chi connectivity index (χ4n) is 2.66. The monoisotopic (exact) mass is 450 g/mol. The van der Waals surface area contributed by atoms with Gasteiger partial charge in [0, 0.05) is 21.8 Å². The lowest BCUT2D eigenvalue weighted by Gasteiger charge is -2.26. The highest BCUT2D eigenvalue weighted by Gasteiger charge is 2.36. The van der Waals surface area contributed by atoms with Gasteiger partial charge in [-0.25, -0.2) is 8.42 Å². The van der Waals surface area contributed by atoms with Crippen molar-refractivity contribution >= 4 is 49.9 Å². The fourth-order valence-corrected chi connectivity index (χ4v) is 5.04. The van der Waals surface area contributed by atoms with E-state index in [4.69, 9.17) is 0 Å². The molecule has 1 heterocycles. The van der Waals surface area contributed by atoms with Gasteiger partial charge in [0.25, 0.3) is 0 Å². The summed E-state index contributed by atoms with van der Waals surface area (Å²) in [6.45, 7) is 3.90. The first-order chi connectivity index (χ1) is 10.7. The number of benzene rings is 1. The van der Waals surface area contributed by atoms with E-state index < -0.39 is 27.7 Å². The Morgan fingerprint density at radius 2 is 2.09 bits per heavy atom. The number of likely N-dealkylation sites (N-methyl/N-ethyl adjacent to an activating group) is 1. The second kappa shape index (κ2) is 7.16. The van der Waals surface area contributed by atoms with Crippen molar-refractivity contribution < 1.29 is 18.0 Å². The summed E-state index contributed by atoms with van der Waals surface area (Å²) < 4.78 is 24.2. The molecular formula is C15H19IN2O4S. The van der Waals surface area contributed by atoms with Crippen molar-refractivity contribution in [2.45, 2.75) is 26.3 Å². The van der Waals surface area contributed by atoms with Crippen molar-refractivity contribution in [1.29, 1.82) is 0 Å². The molecular weight excluding hydrogens is 431 g/mol. The number of sulfone groups is 1. The van der Waals surface area contributed by atoms with E-state index in [0.717, 1.165) is 9.13 Å². The van der Waals surface area contributed by atoms with Crippen molar-refractivity contribution in [3.8, 4) is 0 Å². The Balaban J connectivity index is 2.10. The van der Waals surface area contributed by atoms with Gasteiger partial charge in [-0.3, -0.25) is 9.59 Å². The van der Waals surface area contributed by atoms with Gasteiger partial charge in [0.15, 0.2) is 9.84 Å². The first-order valence-corrected chi connectivity index (χ1v) is 10.2. The van der Waals surface area contributed by atoms with Crippen molar-refractivity contribution in [1.82, 2.24) is 4.90 Å². The number of hydrogen-bond acceptors (Lipinski definition) is 4. The number of carbonyl (C=O) groups is 2. The molecule has 0 saturated carbocycles. The normalized spacial score (nSPS) is 19.3. The van der Waals surface area contributed by atoms with E-state index in [1.165, 1.54) is 4.90 Å². The van der Waals surface area contributed by atoms with E-state index in [9.17, 15) is 18.0 Å². The highest BCUT2D eigenvalue weighted by molar-refractivity contribution is 14.1. The maximum Gasteiger partial charge on any atom is 0.313 e. The van der Waals surface area contributed by atoms with Crippen molar-refractivity contribution in [3.63, 3.8) is 0 Å². The minimum atomic E-state index is -3.11. The molecule has 1 aromatic carbocycles. The van der Waals surface area contributed by atoms with E-state index in [2.05, 4.69) is 27.9 Å². The number of amides is 2. The van der Waals surface area contributed by atoms with E-state index in [-0.39, 0.29) is 11.5 Å². The predicted octanol–water partition coefficient (Wildman–Crippen LogP) is 1.57. The lowest BCUT2D eigenvalue weighted by Crippen LogP contribution is -2.46.